The zero-order chi connectivity index (χ0) is 17.9. The fourth-order valence-electron chi connectivity index (χ4n) is 3.44. The predicted molar refractivity (Wildman–Crippen MR) is 101 cm³/mol. The van der Waals surface area contributed by atoms with Gasteiger partial charge in [-0.05, 0) is 36.4 Å². The topological polar surface area (TPSA) is 54.6 Å². The van der Waals surface area contributed by atoms with E-state index in [1.54, 1.807) is 7.11 Å². The van der Waals surface area contributed by atoms with E-state index in [4.69, 9.17) is 9.47 Å². The number of likely N-dealkylation sites (tertiary alicyclic amines) is 1. The summed E-state index contributed by atoms with van der Waals surface area (Å²) in [5, 5.41) is 1.06. The molecule has 0 unspecified atom stereocenters. The minimum Gasteiger partial charge on any atom is -0.493 e. The van der Waals surface area contributed by atoms with Crippen molar-refractivity contribution in [2.45, 2.75) is 18.9 Å². The number of nitrogens with zero attached hydrogens (tertiary/aromatic N) is 1. The van der Waals surface area contributed by atoms with E-state index >= 15 is 0 Å². The average Bonchev–Trinajstić information content (AvgIpc) is 3.16. The third kappa shape index (κ3) is 3.25. The molecule has 4 rings (SSSR count). The number of piperidine rings is 1. The number of ether oxygens (including phenoxy) is 2. The van der Waals surface area contributed by atoms with Crippen molar-refractivity contribution in [3.05, 3.63) is 60.3 Å². The second-order valence-electron chi connectivity index (χ2n) is 6.54. The standard InChI is InChI=1S/C21H22N2O3/c1-25-19-4-2-3-5-20(19)26-17-9-12-23(13-10-17)21(24)16-6-7-18-15(14-16)8-11-22-18/h2-8,11,14,17,22H,9-10,12-13H2,1H3. The van der Waals surface area contributed by atoms with E-state index in [0.29, 0.717) is 13.1 Å². The van der Waals surface area contributed by atoms with Crippen LogP contribution in [0.5, 0.6) is 11.5 Å². The number of fused-ring (bicyclic) bond motifs is 1. The van der Waals surface area contributed by atoms with Crippen molar-refractivity contribution in [2.75, 3.05) is 20.2 Å². The number of hydrogen-bond acceptors (Lipinski definition) is 3. The number of nitrogens with one attached hydrogen (secondary N) is 1. The normalized spacial score (nSPS) is 15.2. The number of para-hydroxylation sites is 2. The zero-order valence-corrected chi connectivity index (χ0v) is 14.8. The van der Waals surface area contributed by atoms with Crippen molar-refractivity contribution in [3.63, 3.8) is 0 Å². The largest absolute Gasteiger partial charge is 0.493 e. The second-order valence-corrected chi connectivity index (χ2v) is 6.54. The number of H-pyrrole nitrogens is 1. The van der Waals surface area contributed by atoms with Crippen LogP contribution in [0.15, 0.2) is 54.7 Å². The fourth-order valence-corrected chi connectivity index (χ4v) is 3.44. The van der Waals surface area contributed by atoms with E-state index in [0.717, 1.165) is 40.8 Å². The first-order valence-electron chi connectivity index (χ1n) is 8.90. The van der Waals surface area contributed by atoms with E-state index in [-0.39, 0.29) is 12.0 Å². The molecule has 1 saturated heterocycles. The lowest BCUT2D eigenvalue weighted by Crippen LogP contribution is -2.41. The van der Waals surface area contributed by atoms with Crippen LogP contribution in [0.3, 0.4) is 0 Å². The number of rotatable bonds is 4. The maximum Gasteiger partial charge on any atom is 0.253 e. The van der Waals surface area contributed by atoms with Gasteiger partial charge in [-0.3, -0.25) is 4.79 Å². The van der Waals surface area contributed by atoms with Gasteiger partial charge in [0.15, 0.2) is 11.5 Å². The van der Waals surface area contributed by atoms with Crippen LogP contribution >= 0.6 is 0 Å². The molecule has 0 saturated carbocycles. The number of aromatic nitrogens is 1. The minimum absolute atomic E-state index is 0.0869. The zero-order valence-electron chi connectivity index (χ0n) is 14.8. The summed E-state index contributed by atoms with van der Waals surface area (Å²) in [5.74, 6) is 1.59. The van der Waals surface area contributed by atoms with Crippen molar-refractivity contribution in [3.8, 4) is 11.5 Å². The molecule has 5 heteroatoms. The number of amides is 1. The van der Waals surface area contributed by atoms with Gasteiger partial charge in [-0.2, -0.15) is 0 Å². The van der Waals surface area contributed by atoms with Gasteiger partial charge in [-0.15, -0.1) is 0 Å². The lowest BCUT2D eigenvalue weighted by molar-refractivity contribution is 0.0591. The Morgan fingerprint density at radius 3 is 2.62 bits per heavy atom. The lowest BCUT2D eigenvalue weighted by Gasteiger charge is -2.32. The van der Waals surface area contributed by atoms with Crippen LogP contribution in [0.1, 0.15) is 23.2 Å². The van der Waals surface area contributed by atoms with Gasteiger partial charge in [0.2, 0.25) is 0 Å². The molecule has 1 N–H and O–H groups in total. The molecule has 1 aromatic heterocycles. The first-order valence-corrected chi connectivity index (χ1v) is 8.90. The van der Waals surface area contributed by atoms with E-state index < -0.39 is 0 Å². The molecule has 0 radical (unpaired) electrons. The van der Waals surface area contributed by atoms with Crippen LogP contribution in [-0.4, -0.2) is 42.1 Å². The van der Waals surface area contributed by atoms with Gasteiger partial charge in [-0.1, -0.05) is 12.1 Å². The number of aromatic amines is 1. The molecule has 134 valence electrons. The molecule has 2 aromatic carbocycles. The quantitative estimate of drug-likeness (QED) is 0.777. The Balaban J connectivity index is 1.39. The summed E-state index contributed by atoms with van der Waals surface area (Å²) < 4.78 is 11.4. The summed E-state index contributed by atoms with van der Waals surface area (Å²) in [5.41, 5.74) is 1.78. The number of methoxy groups -OCH3 is 1. The van der Waals surface area contributed by atoms with Gasteiger partial charge in [-0.25, -0.2) is 0 Å². The van der Waals surface area contributed by atoms with E-state index in [1.165, 1.54) is 0 Å². The number of carbonyl (C=O) groups is 1. The molecule has 1 aliphatic heterocycles. The van der Waals surface area contributed by atoms with Crippen LogP contribution in [-0.2, 0) is 0 Å². The molecule has 2 heterocycles. The number of carbonyl (C=O) groups excluding carboxylic acids is 1. The maximum atomic E-state index is 12.8. The summed E-state index contributed by atoms with van der Waals surface area (Å²) in [4.78, 5) is 17.9. The van der Waals surface area contributed by atoms with Crippen LogP contribution < -0.4 is 9.47 Å². The first-order chi connectivity index (χ1) is 12.7. The van der Waals surface area contributed by atoms with Crippen LogP contribution in [0.2, 0.25) is 0 Å². The van der Waals surface area contributed by atoms with Crippen molar-refractivity contribution in [2.24, 2.45) is 0 Å². The molecular formula is C21H22N2O3. The lowest BCUT2D eigenvalue weighted by atomic mass is 10.1. The van der Waals surface area contributed by atoms with Gasteiger partial charge < -0.3 is 19.4 Å². The molecule has 0 aliphatic carbocycles. The summed E-state index contributed by atoms with van der Waals surface area (Å²) in [6.45, 7) is 1.40. The van der Waals surface area contributed by atoms with Gasteiger partial charge in [0.25, 0.3) is 5.91 Å². The molecule has 1 fully saturated rings. The van der Waals surface area contributed by atoms with E-state index in [2.05, 4.69) is 4.98 Å². The van der Waals surface area contributed by atoms with Crippen molar-refractivity contribution in [1.29, 1.82) is 0 Å². The number of benzene rings is 2. The Labute approximate surface area is 152 Å². The van der Waals surface area contributed by atoms with Crippen molar-refractivity contribution < 1.29 is 14.3 Å². The molecule has 0 atom stereocenters. The van der Waals surface area contributed by atoms with E-state index in [9.17, 15) is 4.79 Å². The molecule has 0 bridgehead atoms. The van der Waals surface area contributed by atoms with Gasteiger partial charge in [0.05, 0.1) is 7.11 Å². The smallest absolute Gasteiger partial charge is 0.253 e. The van der Waals surface area contributed by atoms with Crippen molar-refractivity contribution >= 4 is 16.8 Å². The van der Waals surface area contributed by atoms with Crippen molar-refractivity contribution in [1.82, 2.24) is 9.88 Å². The third-order valence-electron chi connectivity index (χ3n) is 4.89. The Bertz CT molecular complexity index is 910. The molecule has 0 spiro atoms. The Kier molecular flexibility index (Phi) is 4.52. The average molecular weight is 350 g/mol. The highest BCUT2D eigenvalue weighted by Crippen LogP contribution is 2.29. The molecule has 1 aliphatic rings. The number of hydrogen-bond donors (Lipinski definition) is 1. The maximum absolute atomic E-state index is 12.8. The minimum atomic E-state index is 0.0869. The summed E-state index contributed by atoms with van der Waals surface area (Å²) >= 11 is 0. The second kappa shape index (κ2) is 7.12. The molecular weight excluding hydrogens is 328 g/mol. The Morgan fingerprint density at radius 1 is 1.08 bits per heavy atom. The highest BCUT2D eigenvalue weighted by atomic mass is 16.5. The monoisotopic (exact) mass is 350 g/mol. The van der Waals surface area contributed by atoms with Gasteiger partial charge in [0, 0.05) is 48.6 Å². The molecule has 3 aromatic rings. The van der Waals surface area contributed by atoms with Gasteiger partial charge in [0.1, 0.15) is 6.10 Å². The summed E-state index contributed by atoms with van der Waals surface area (Å²) in [6, 6.07) is 15.5. The molecule has 26 heavy (non-hydrogen) atoms. The fraction of sp³-hybridized carbons (Fsp3) is 0.286. The third-order valence-corrected chi connectivity index (χ3v) is 4.89. The van der Waals surface area contributed by atoms with Gasteiger partial charge >= 0.3 is 0 Å². The first kappa shape index (κ1) is 16.5. The SMILES string of the molecule is COc1ccccc1OC1CCN(C(=O)c2ccc3[nH]ccc3c2)CC1. The van der Waals surface area contributed by atoms with E-state index in [1.807, 2.05) is 59.6 Å². The molecule has 1 amide bonds. The highest BCUT2D eigenvalue weighted by Gasteiger charge is 2.25. The highest BCUT2D eigenvalue weighted by molar-refractivity contribution is 5.98. The van der Waals surface area contributed by atoms with Crippen LogP contribution in [0, 0.1) is 0 Å². The van der Waals surface area contributed by atoms with Crippen LogP contribution in [0.25, 0.3) is 10.9 Å². The summed E-state index contributed by atoms with van der Waals surface area (Å²) in [7, 11) is 1.64. The Hall–Kier alpha value is -2.95. The Morgan fingerprint density at radius 2 is 1.85 bits per heavy atom. The predicted octanol–water partition coefficient (Wildman–Crippen LogP) is 3.86. The molecule has 5 nitrogen and oxygen atoms in total. The summed E-state index contributed by atoms with van der Waals surface area (Å²) in [6.07, 6.45) is 3.62. The van der Waals surface area contributed by atoms with Crippen LogP contribution in [0.4, 0.5) is 0 Å².